The molecule has 0 aliphatic heterocycles. The van der Waals surface area contributed by atoms with E-state index in [-0.39, 0.29) is 15.8 Å². The number of hydrogen-bond donors (Lipinski definition) is 0. The lowest BCUT2D eigenvalue weighted by Crippen LogP contribution is -2.14. The second kappa shape index (κ2) is 7.20. The molecule has 0 amide bonds. The normalized spacial score (nSPS) is 15.9. The largest absolute Gasteiger partial charge is 0.336 e. The van der Waals surface area contributed by atoms with E-state index in [2.05, 4.69) is 0 Å². The summed E-state index contributed by atoms with van der Waals surface area (Å²) in [5, 5.41) is 0.657. The third-order valence-electron chi connectivity index (χ3n) is 5.91. The van der Waals surface area contributed by atoms with E-state index in [1.54, 1.807) is 24.3 Å². The number of aryl methyl sites for hydroxylation is 1. The van der Waals surface area contributed by atoms with Crippen LogP contribution in [0, 0.1) is 5.82 Å². The lowest BCUT2D eigenvalue weighted by atomic mass is 9.95. The molecule has 30 heavy (non-hydrogen) atoms. The first-order valence-corrected chi connectivity index (χ1v) is 13.6. The number of hydrogen-bond acceptors (Lipinski definition) is 4. The van der Waals surface area contributed by atoms with Crippen LogP contribution in [-0.4, -0.2) is 33.9 Å². The van der Waals surface area contributed by atoms with Crippen LogP contribution >= 0.6 is 0 Å². The first-order valence-electron chi connectivity index (χ1n) is 9.84. The van der Waals surface area contributed by atoms with Crippen LogP contribution in [0.2, 0.25) is 0 Å². The van der Waals surface area contributed by atoms with Crippen molar-refractivity contribution in [3.63, 3.8) is 0 Å². The van der Waals surface area contributed by atoms with Crippen molar-refractivity contribution < 1.29 is 21.2 Å². The molecular weight excluding hydrogens is 425 g/mol. The second-order valence-corrected chi connectivity index (χ2v) is 12.1. The number of aromatic nitrogens is 1. The van der Waals surface area contributed by atoms with Gasteiger partial charge in [0.25, 0.3) is 0 Å². The average molecular weight is 450 g/mol. The Balaban J connectivity index is 2.00. The molecule has 4 rings (SSSR count). The van der Waals surface area contributed by atoms with Crippen LogP contribution in [0.3, 0.4) is 0 Å². The third kappa shape index (κ3) is 3.56. The molecule has 8 heteroatoms. The van der Waals surface area contributed by atoms with Crippen molar-refractivity contribution >= 4 is 30.6 Å². The summed E-state index contributed by atoms with van der Waals surface area (Å²) >= 11 is 0. The fourth-order valence-corrected chi connectivity index (χ4v) is 6.00. The molecule has 0 saturated carbocycles. The van der Waals surface area contributed by atoms with Crippen LogP contribution in [0.25, 0.3) is 10.9 Å². The van der Waals surface area contributed by atoms with Crippen molar-refractivity contribution in [3.8, 4) is 0 Å². The van der Waals surface area contributed by atoms with Gasteiger partial charge in [-0.1, -0.05) is 12.1 Å². The quantitative estimate of drug-likeness (QED) is 0.602. The monoisotopic (exact) mass is 449 g/mol. The van der Waals surface area contributed by atoms with Gasteiger partial charge in [-0.05, 0) is 68.0 Å². The van der Waals surface area contributed by atoms with Gasteiger partial charge in [0.1, 0.15) is 5.82 Å². The summed E-state index contributed by atoms with van der Waals surface area (Å²) in [6.45, 7) is 1.96. The molecule has 1 aliphatic carbocycles. The van der Waals surface area contributed by atoms with Gasteiger partial charge in [0.2, 0.25) is 0 Å². The maximum Gasteiger partial charge on any atom is 0.177 e. The third-order valence-corrected chi connectivity index (χ3v) is 8.15. The number of halogens is 1. The zero-order valence-electron chi connectivity index (χ0n) is 17.1. The Kier molecular flexibility index (Phi) is 5.05. The summed E-state index contributed by atoms with van der Waals surface area (Å²) in [5.74, 6) is -0.557. The van der Waals surface area contributed by atoms with Gasteiger partial charge in [-0.3, -0.25) is 0 Å². The fraction of sp³-hybridized carbons (Fsp3) is 0.364. The first-order chi connectivity index (χ1) is 14.0. The molecule has 0 bridgehead atoms. The Morgan fingerprint density at radius 3 is 2.17 bits per heavy atom. The van der Waals surface area contributed by atoms with E-state index in [4.69, 9.17) is 0 Å². The van der Waals surface area contributed by atoms with Gasteiger partial charge in [0.15, 0.2) is 19.7 Å². The highest BCUT2D eigenvalue weighted by atomic mass is 32.2. The summed E-state index contributed by atoms with van der Waals surface area (Å²) in [7, 11) is -6.96. The maximum absolute atomic E-state index is 14.4. The SMILES string of the molecule is C[C@@H](c1ccc(S(C)(=O)=O)cc1)n1c2c(c3cc(F)cc(S(C)(=O)=O)c31)CCCC2. The van der Waals surface area contributed by atoms with E-state index in [0.29, 0.717) is 10.9 Å². The number of fused-ring (bicyclic) bond motifs is 3. The van der Waals surface area contributed by atoms with Crippen LogP contribution in [0.5, 0.6) is 0 Å². The summed E-state index contributed by atoms with van der Waals surface area (Å²) in [6, 6.07) is 8.93. The second-order valence-electron chi connectivity index (χ2n) is 8.09. The Hall–Kier alpha value is -2.19. The molecule has 0 radical (unpaired) electrons. The smallest absolute Gasteiger partial charge is 0.177 e. The van der Waals surface area contributed by atoms with Crippen LogP contribution in [-0.2, 0) is 32.5 Å². The molecule has 0 fully saturated rings. The van der Waals surface area contributed by atoms with Crippen molar-refractivity contribution in [1.29, 1.82) is 0 Å². The van der Waals surface area contributed by atoms with E-state index in [1.807, 2.05) is 11.5 Å². The van der Waals surface area contributed by atoms with Crippen molar-refractivity contribution in [1.82, 2.24) is 4.57 Å². The van der Waals surface area contributed by atoms with E-state index < -0.39 is 25.5 Å². The summed E-state index contributed by atoms with van der Waals surface area (Å²) in [4.78, 5) is 0.225. The molecule has 0 spiro atoms. The predicted octanol–water partition coefficient (Wildman–Crippen LogP) is 4.08. The molecule has 0 N–H and O–H groups in total. The molecule has 160 valence electrons. The highest BCUT2D eigenvalue weighted by Crippen LogP contribution is 2.39. The summed E-state index contributed by atoms with van der Waals surface area (Å²) in [6.07, 6.45) is 5.80. The minimum atomic E-state index is -3.66. The van der Waals surface area contributed by atoms with Crippen LogP contribution in [0.1, 0.15) is 42.6 Å². The molecule has 1 aliphatic rings. The van der Waals surface area contributed by atoms with Gasteiger partial charge >= 0.3 is 0 Å². The van der Waals surface area contributed by atoms with Crippen molar-refractivity contribution in [2.24, 2.45) is 0 Å². The van der Waals surface area contributed by atoms with Gasteiger partial charge < -0.3 is 4.57 Å². The highest BCUT2D eigenvalue weighted by molar-refractivity contribution is 7.91. The predicted molar refractivity (Wildman–Crippen MR) is 115 cm³/mol. The van der Waals surface area contributed by atoms with Crippen LogP contribution in [0.15, 0.2) is 46.2 Å². The fourth-order valence-electron chi connectivity index (χ4n) is 4.49. The van der Waals surface area contributed by atoms with Gasteiger partial charge in [0.05, 0.1) is 21.3 Å². The number of sulfone groups is 2. The highest BCUT2D eigenvalue weighted by Gasteiger charge is 2.28. The Morgan fingerprint density at radius 2 is 1.57 bits per heavy atom. The lowest BCUT2D eigenvalue weighted by Gasteiger charge is -2.23. The average Bonchev–Trinajstić information content (AvgIpc) is 2.99. The topological polar surface area (TPSA) is 73.2 Å². The van der Waals surface area contributed by atoms with Crippen molar-refractivity contribution in [2.45, 2.75) is 48.4 Å². The van der Waals surface area contributed by atoms with Gasteiger partial charge in [-0.15, -0.1) is 0 Å². The van der Waals surface area contributed by atoms with Crippen LogP contribution in [0.4, 0.5) is 4.39 Å². The van der Waals surface area contributed by atoms with Gasteiger partial charge in [-0.2, -0.15) is 0 Å². The Bertz CT molecular complexity index is 1350. The summed E-state index contributed by atoms with van der Waals surface area (Å²) < 4.78 is 65.0. The minimum Gasteiger partial charge on any atom is -0.336 e. The molecular formula is C22H24FNO4S2. The van der Waals surface area contributed by atoms with Gasteiger partial charge in [-0.25, -0.2) is 21.2 Å². The zero-order chi connectivity index (χ0) is 21.8. The number of nitrogens with zero attached hydrogens (tertiary/aromatic N) is 1. The zero-order valence-corrected chi connectivity index (χ0v) is 18.8. The molecule has 0 saturated heterocycles. The molecule has 1 aromatic heterocycles. The molecule has 0 unspecified atom stereocenters. The standard InChI is InChI=1S/C22H24FNO4S2/c1-14(15-8-10-17(11-9-15)29(2,25)26)24-20-7-5-4-6-18(20)19-12-16(23)13-21(22(19)24)30(3,27)28/h8-14H,4-7H2,1-3H3/t14-/m0/s1. The molecule has 1 heterocycles. The van der Waals surface area contributed by atoms with E-state index in [0.717, 1.165) is 61.1 Å². The Labute approximate surface area is 176 Å². The van der Waals surface area contributed by atoms with Crippen LogP contribution < -0.4 is 0 Å². The maximum atomic E-state index is 14.4. The number of benzene rings is 2. The molecule has 1 atom stereocenters. The lowest BCUT2D eigenvalue weighted by molar-refractivity contribution is 0.577. The van der Waals surface area contributed by atoms with E-state index in [9.17, 15) is 21.2 Å². The van der Waals surface area contributed by atoms with Crippen molar-refractivity contribution in [3.05, 3.63) is 59.0 Å². The van der Waals surface area contributed by atoms with E-state index in [1.165, 1.54) is 6.07 Å². The number of rotatable bonds is 4. The molecule has 5 nitrogen and oxygen atoms in total. The molecule has 3 aromatic rings. The minimum absolute atomic E-state index is 0.00786. The Morgan fingerprint density at radius 1 is 0.933 bits per heavy atom. The summed E-state index contributed by atoms with van der Waals surface area (Å²) in [5.41, 5.74) is 3.44. The van der Waals surface area contributed by atoms with E-state index >= 15 is 0 Å². The molecule has 2 aromatic carbocycles. The van der Waals surface area contributed by atoms with Gasteiger partial charge in [0, 0.05) is 23.6 Å². The first kappa shape index (κ1) is 21.1. The van der Waals surface area contributed by atoms with Crippen molar-refractivity contribution in [2.75, 3.05) is 12.5 Å².